The molecular formula is C25H20ClN5O3. The van der Waals surface area contributed by atoms with Crippen LogP contribution in [0.1, 0.15) is 20.7 Å². The van der Waals surface area contributed by atoms with Crippen molar-refractivity contribution < 1.29 is 14.4 Å². The van der Waals surface area contributed by atoms with Crippen LogP contribution in [0.5, 0.6) is 0 Å². The van der Waals surface area contributed by atoms with E-state index in [1.54, 1.807) is 29.1 Å². The first-order valence-electron chi connectivity index (χ1n) is 10.3. The minimum Gasteiger partial charge on any atom is -0.343 e. The van der Waals surface area contributed by atoms with E-state index in [0.717, 1.165) is 11.3 Å². The number of halogens is 1. The fourth-order valence-electron chi connectivity index (χ4n) is 3.19. The van der Waals surface area contributed by atoms with E-state index in [1.165, 1.54) is 6.07 Å². The highest BCUT2D eigenvalue weighted by Gasteiger charge is 2.19. The summed E-state index contributed by atoms with van der Waals surface area (Å²) in [6.07, 6.45) is 1.60. The third kappa shape index (κ3) is 5.48. The van der Waals surface area contributed by atoms with Gasteiger partial charge in [0.15, 0.2) is 0 Å². The average Bonchev–Trinajstić information content (AvgIpc) is 3.32. The van der Waals surface area contributed by atoms with Gasteiger partial charge in [-0.05, 0) is 30.3 Å². The molecule has 0 aliphatic carbocycles. The Balaban J connectivity index is 1.43. The maximum Gasteiger partial charge on any atom is 0.273 e. The molecule has 1 heterocycles. The van der Waals surface area contributed by atoms with E-state index in [2.05, 4.69) is 21.3 Å². The van der Waals surface area contributed by atoms with Crippen molar-refractivity contribution in [3.8, 4) is 16.9 Å². The molecule has 3 N–H and O–H groups in total. The lowest BCUT2D eigenvalue weighted by Crippen LogP contribution is -2.46. The van der Waals surface area contributed by atoms with Crippen LogP contribution in [0.4, 0.5) is 0 Å². The van der Waals surface area contributed by atoms with Gasteiger partial charge in [-0.1, -0.05) is 66.2 Å². The first-order valence-corrected chi connectivity index (χ1v) is 10.7. The van der Waals surface area contributed by atoms with E-state index in [1.807, 2.05) is 60.7 Å². The highest BCUT2D eigenvalue weighted by atomic mass is 35.5. The third-order valence-electron chi connectivity index (χ3n) is 4.84. The molecule has 0 radical (unpaired) electrons. The van der Waals surface area contributed by atoms with Gasteiger partial charge >= 0.3 is 0 Å². The lowest BCUT2D eigenvalue weighted by molar-refractivity contribution is -0.120. The van der Waals surface area contributed by atoms with Crippen molar-refractivity contribution in [2.24, 2.45) is 0 Å². The lowest BCUT2D eigenvalue weighted by atomic mass is 10.1. The minimum absolute atomic E-state index is 0.276. The number of carbonyl (C=O) groups is 3. The van der Waals surface area contributed by atoms with E-state index < -0.39 is 17.7 Å². The number of benzene rings is 3. The van der Waals surface area contributed by atoms with Crippen LogP contribution in [-0.2, 0) is 4.79 Å². The number of nitrogens with one attached hydrogen (secondary N) is 3. The molecule has 1 aromatic heterocycles. The molecule has 0 saturated heterocycles. The number of hydrogen-bond donors (Lipinski definition) is 3. The molecule has 170 valence electrons. The number of hydrazine groups is 1. The second kappa shape index (κ2) is 10.5. The molecule has 0 unspecified atom stereocenters. The molecule has 0 saturated carbocycles. The highest BCUT2D eigenvalue weighted by Crippen LogP contribution is 2.23. The summed E-state index contributed by atoms with van der Waals surface area (Å²) >= 11 is 5.88. The Bertz CT molecular complexity index is 1320. The topological polar surface area (TPSA) is 105 Å². The number of carbonyl (C=O) groups excluding carboxylic acids is 3. The van der Waals surface area contributed by atoms with Gasteiger partial charge in [-0.3, -0.25) is 25.2 Å². The molecule has 8 nitrogen and oxygen atoms in total. The predicted molar refractivity (Wildman–Crippen MR) is 128 cm³/mol. The molecule has 3 amide bonds. The monoisotopic (exact) mass is 473 g/mol. The van der Waals surface area contributed by atoms with Crippen molar-refractivity contribution in [1.29, 1.82) is 0 Å². The Hall–Kier alpha value is -4.43. The molecular weight excluding hydrogens is 454 g/mol. The van der Waals surface area contributed by atoms with E-state index in [0.29, 0.717) is 16.3 Å². The van der Waals surface area contributed by atoms with Crippen LogP contribution in [0.15, 0.2) is 91.1 Å². The van der Waals surface area contributed by atoms with Crippen molar-refractivity contribution in [2.75, 3.05) is 6.54 Å². The Labute approximate surface area is 200 Å². The number of para-hydroxylation sites is 1. The SMILES string of the molecule is O=C(CNC(=O)c1cccc(Cl)c1)NNC(=O)c1cn(-c2ccccc2)nc1-c1ccccc1. The van der Waals surface area contributed by atoms with Crippen LogP contribution in [-0.4, -0.2) is 34.0 Å². The number of nitrogens with zero attached hydrogens (tertiary/aromatic N) is 2. The number of rotatable bonds is 6. The third-order valence-corrected chi connectivity index (χ3v) is 5.07. The maximum atomic E-state index is 12.9. The zero-order valence-corrected chi connectivity index (χ0v) is 18.6. The molecule has 0 aliphatic heterocycles. The Morgan fingerprint density at radius 1 is 0.824 bits per heavy atom. The van der Waals surface area contributed by atoms with E-state index in [9.17, 15) is 14.4 Å². The Morgan fingerprint density at radius 2 is 1.53 bits per heavy atom. The molecule has 4 rings (SSSR count). The summed E-state index contributed by atoms with van der Waals surface area (Å²) in [4.78, 5) is 37.2. The number of amides is 3. The smallest absolute Gasteiger partial charge is 0.273 e. The average molecular weight is 474 g/mol. The molecule has 0 fully saturated rings. The fraction of sp³-hybridized carbons (Fsp3) is 0.0400. The molecule has 3 aromatic carbocycles. The zero-order chi connectivity index (χ0) is 23.9. The summed E-state index contributed by atoms with van der Waals surface area (Å²) in [6.45, 7) is -0.333. The van der Waals surface area contributed by atoms with Crippen LogP contribution < -0.4 is 16.2 Å². The van der Waals surface area contributed by atoms with Gasteiger partial charge in [0.25, 0.3) is 17.7 Å². The minimum atomic E-state index is -0.597. The summed E-state index contributed by atoms with van der Waals surface area (Å²) < 4.78 is 1.60. The Kier molecular flexibility index (Phi) is 7.00. The van der Waals surface area contributed by atoms with Crippen LogP contribution in [0.2, 0.25) is 5.02 Å². The maximum absolute atomic E-state index is 12.9. The van der Waals surface area contributed by atoms with Gasteiger partial charge in [0.2, 0.25) is 0 Å². The second-order valence-electron chi connectivity index (χ2n) is 7.23. The first kappa shape index (κ1) is 22.8. The lowest BCUT2D eigenvalue weighted by Gasteiger charge is -2.09. The van der Waals surface area contributed by atoms with Gasteiger partial charge in [0.05, 0.1) is 17.8 Å². The van der Waals surface area contributed by atoms with E-state index in [4.69, 9.17) is 11.6 Å². The van der Waals surface area contributed by atoms with Crippen molar-refractivity contribution in [3.05, 3.63) is 107 Å². The molecule has 0 spiro atoms. The second-order valence-corrected chi connectivity index (χ2v) is 7.67. The zero-order valence-electron chi connectivity index (χ0n) is 17.9. The normalized spacial score (nSPS) is 10.4. The standard InChI is InChI=1S/C25H20ClN5O3/c26-19-11-7-10-18(14-19)24(33)27-15-22(32)28-29-25(34)21-16-31(20-12-5-2-6-13-20)30-23(21)17-8-3-1-4-9-17/h1-14,16H,15H2,(H,27,33)(H,28,32)(H,29,34). The van der Waals surface area contributed by atoms with E-state index >= 15 is 0 Å². The van der Waals surface area contributed by atoms with Gasteiger partial charge in [-0.15, -0.1) is 0 Å². The predicted octanol–water partition coefficient (Wildman–Crippen LogP) is 3.38. The highest BCUT2D eigenvalue weighted by molar-refractivity contribution is 6.31. The molecule has 0 bridgehead atoms. The molecule has 0 aliphatic rings. The van der Waals surface area contributed by atoms with Crippen LogP contribution in [0.3, 0.4) is 0 Å². The molecule has 0 atom stereocenters. The van der Waals surface area contributed by atoms with Gasteiger partial charge in [0.1, 0.15) is 5.69 Å². The van der Waals surface area contributed by atoms with Gasteiger partial charge < -0.3 is 5.32 Å². The Morgan fingerprint density at radius 3 is 2.24 bits per heavy atom. The van der Waals surface area contributed by atoms with Gasteiger partial charge in [-0.25, -0.2) is 4.68 Å². The summed E-state index contributed by atoms with van der Waals surface area (Å²) in [5.41, 5.74) is 7.29. The van der Waals surface area contributed by atoms with Crippen molar-refractivity contribution in [2.45, 2.75) is 0 Å². The molecule has 34 heavy (non-hydrogen) atoms. The number of hydrogen-bond acceptors (Lipinski definition) is 4. The summed E-state index contributed by atoms with van der Waals surface area (Å²) in [7, 11) is 0. The van der Waals surface area contributed by atoms with Crippen LogP contribution in [0.25, 0.3) is 16.9 Å². The number of aromatic nitrogens is 2. The van der Waals surface area contributed by atoms with Crippen LogP contribution >= 0.6 is 11.6 Å². The first-order chi connectivity index (χ1) is 16.5. The molecule has 4 aromatic rings. The summed E-state index contributed by atoms with van der Waals surface area (Å²) in [5.74, 6) is -1.60. The van der Waals surface area contributed by atoms with Crippen LogP contribution in [0, 0.1) is 0 Å². The summed E-state index contributed by atoms with van der Waals surface area (Å²) in [6, 6.07) is 25.0. The summed E-state index contributed by atoms with van der Waals surface area (Å²) in [5, 5.41) is 7.46. The largest absolute Gasteiger partial charge is 0.343 e. The van der Waals surface area contributed by atoms with Crippen molar-refractivity contribution in [1.82, 2.24) is 25.9 Å². The van der Waals surface area contributed by atoms with Crippen molar-refractivity contribution in [3.63, 3.8) is 0 Å². The fourth-order valence-corrected chi connectivity index (χ4v) is 3.38. The van der Waals surface area contributed by atoms with Crippen molar-refractivity contribution >= 4 is 29.3 Å². The van der Waals surface area contributed by atoms with E-state index in [-0.39, 0.29) is 12.1 Å². The quantitative estimate of drug-likeness (QED) is 0.373. The van der Waals surface area contributed by atoms with Gasteiger partial charge in [0, 0.05) is 22.3 Å². The van der Waals surface area contributed by atoms with Gasteiger partial charge in [-0.2, -0.15) is 5.10 Å². The molecule has 9 heteroatoms.